The molecule has 0 saturated carbocycles. The van der Waals surface area contributed by atoms with Crippen LogP contribution in [0.3, 0.4) is 0 Å². The molecule has 0 spiro atoms. The first kappa shape index (κ1) is 22.1. The summed E-state index contributed by atoms with van der Waals surface area (Å²) < 4.78 is 24.8. The molecule has 1 amide bonds. The van der Waals surface area contributed by atoms with Crippen LogP contribution in [0.2, 0.25) is 0 Å². The summed E-state index contributed by atoms with van der Waals surface area (Å²) in [5.74, 6) is 0.219. The molecule has 1 aliphatic rings. The van der Waals surface area contributed by atoms with E-state index in [-0.39, 0.29) is 17.7 Å². The van der Waals surface area contributed by atoms with Crippen LogP contribution in [-0.2, 0) is 4.79 Å². The van der Waals surface area contributed by atoms with Gasteiger partial charge in [0.25, 0.3) is 5.91 Å². The van der Waals surface area contributed by atoms with Gasteiger partial charge in [0.2, 0.25) is 0 Å². The first-order valence-electron chi connectivity index (χ1n) is 10.7. The molecule has 30 heavy (non-hydrogen) atoms. The average molecular weight is 415 g/mol. The van der Waals surface area contributed by atoms with E-state index >= 15 is 0 Å². The zero-order valence-corrected chi connectivity index (χ0v) is 17.8. The summed E-state index contributed by atoms with van der Waals surface area (Å²) in [7, 11) is 1.65. The van der Waals surface area contributed by atoms with Crippen LogP contribution in [-0.4, -0.2) is 43.7 Å². The van der Waals surface area contributed by atoms with Crippen LogP contribution in [0.4, 0.5) is 4.39 Å². The van der Waals surface area contributed by atoms with E-state index < -0.39 is 11.9 Å². The van der Waals surface area contributed by atoms with Crippen LogP contribution in [0.25, 0.3) is 0 Å². The maximum atomic E-state index is 13.9. The Kier molecular flexibility index (Phi) is 8.08. The maximum Gasteiger partial charge on any atom is 0.261 e. The normalized spacial score (nSPS) is 16.5. The predicted molar refractivity (Wildman–Crippen MR) is 115 cm³/mol. The monoisotopic (exact) mass is 414 g/mol. The lowest BCUT2D eigenvalue weighted by atomic mass is 10.0. The average Bonchev–Trinajstić information content (AvgIpc) is 2.79. The zero-order chi connectivity index (χ0) is 21.3. The number of benzene rings is 2. The van der Waals surface area contributed by atoms with Crippen LogP contribution in [0.5, 0.6) is 11.5 Å². The highest BCUT2D eigenvalue weighted by Gasteiger charge is 2.25. The molecule has 162 valence electrons. The first-order chi connectivity index (χ1) is 14.6. The number of carbonyl (C=O) groups is 1. The van der Waals surface area contributed by atoms with Crippen LogP contribution in [0.15, 0.2) is 48.5 Å². The van der Waals surface area contributed by atoms with Gasteiger partial charge in [-0.3, -0.25) is 9.69 Å². The van der Waals surface area contributed by atoms with Crippen LogP contribution in [0.1, 0.15) is 44.2 Å². The second kappa shape index (κ2) is 11.0. The topological polar surface area (TPSA) is 50.8 Å². The van der Waals surface area contributed by atoms with Gasteiger partial charge in [0.15, 0.2) is 17.7 Å². The van der Waals surface area contributed by atoms with Gasteiger partial charge in [-0.1, -0.05) is 37.6 Å². The Labute approximate surface area is 178 Å². The molecule has 2 aromatic carbocycles. The molecule has 0 aromatic heterocycles. The van der Waals surface area contributed by atoms with E-state index in [1.165, 1.54) is 12.5 Å². The number of halogens is 1. The number of para-hydroxylation sites is 1. The number of rotatable bonds is 9. The van der Waals surface area contributed by atoms with Crippen LogP contribution < -0.4 is 14.8 Å². The van der Waals surface area contributed by atoms with Gasteiger partial charge in [0.1, 0.15) is 5.75 Å². The number of amides is 1. The lowest BCUT2D eigenvalue weighted by Crippen LogP contribution is -2.44. The highest BCUT2D eigenvalue weighted by molar-refractivity contribution is 5.81. The van der Waals surface area contributed by atoms with Crippen molar-refractivity contribution in [3.63, 3.8) is 0 Å². The SMILES string of the molecule is CC[C@H](Oc1ccccc1F)C(=O)NC[C@H](c1ccc(OC)cc1)N1CCCCC1. The van der Waals surface area contributed by atoms with Crippen molar-refractivity contribution in [1.29, 1.82) is 0 Å². The number of hydrogen-bond donors (Lipinski definition) is 1. The van der Waals surface area contributed by atoms with Crippen molar-refractivity contribution in [2.24, 2.45) is 0 Å². The molecular weight excluding hydrogens is 383 g/mol. The Morgan fingerprint density at radius 2 is 1.80 bits per heavy atom. The van der Waals surface area contributed by atoms with E-state index in [1.807, 2.05) is 19.1 Å². The number of likely N-dealkylation sites (tertiary alicyclic amines) is 1. The lowest BCUT2D eigenvalue weighted by Gasteiger charge is -2.35. The van der Waals surface area contributed by atoms with Gasteiger partial charge in [-0.25, -0.2) is 4.39 Å². The van der Waals surface area contributed by atoms with Crippen molar-refractivity contribution in [3.05, 3.63) is 59.9 Å². The summed E-state index contributed by atoms with van der Waals surface area (Å²) in [6.45, 7) is 4.35. The molecule has 1 heterocycles. The highest BCUT2D eigenvalue weighted by Crippen LogP contribution is 2.26. The Morgan fingerprint density at radius 3 is 2.43 bits per heavy atom. The Balaban J connectivity index is 1.68. The van der Waals surface area contributed by atoms with Crippen molar-refractivity contribution in [2.75, 3.05) is 26.7 Å². The van der Waals surface area contributed by atoms with E-state index in [0.29, 0.717) is 13.0 Å². The van der Waals surface area contributed by atoms with Gasteiger partial charge >= 0.3 is 0 Å². The number of hydrogen-bond acceptors (Lipinski definition) is 4. The molecule has 1 aliphatic heterocycles. The van der Waals surface area contributed by atoms with Gasteiger partial charge in [-0.05, 0) is 62.2 Å². The smallest absolute Gasteiger partial charge is 0.261 e. The van der Waals surface area contributed by atoms with Gasteiger partial charge < -0.3 is 14.8 Å². The Bertz CT molecular complexity index is 806. The largest absolute Gasteiger partial charge is 0.497 e. The molecule has 1 saturated heterocycles. The van der Waals surface area contributed by atoms with Crippen molar-refractivity contribution in [2.45, 2.75) is 44.8 Å². The van der Waals surface area contributed by atoms with E-state index in [9.17, 15) is 9.18 Å². The third-order valence-electron chi connectivity index (χ3n) is 5.57. The van der Waals surface area contributed by atoms with E-state index in [1.54, 1.807) is 25.3 Å². The summed E-state index contributed by atoms with van der Waals surface area (Å²) in [6, 6.07) is 14.2. The van der Waals surface area contributed by atoms with Gasteiger partial charge in [-0.15, -0.1) is 0 Å². The second-order valence-electron chi connectivity index (χ2n) is 7.58. The molecule has 5 nitrogen and oxygen atoms in total. The summed E-state index contributed by atoms with van der Waals surface area (Å²) in [6.07, 6.45) is 3.28. The Morgan fingerprint density at radius 1 is 1.10 bits per heavy atom. The summed E-state index contributed by atoms with van der Waals surface area (Å²) >= 11 is 0. The zero-order valence-electron chi connectivity index (χ0n) is 17.8. The fraction of sp³-hybridized carbons (Fsp3) is 0.458. The third-order valence-corrected chi connectivity index (χ3v) is 5.57. The van der Waals surface area contributed by atoms with Crippen molar-refractivity contribution in [3.8, 4) is 11.5 Å². The second-order valence-corrected chi connectivity index (χ2v) is 7.58. The molecule has 1 N–H and O–H groups in total. The third kappa shape index (κ3) is 5.72. The number of methoxy groups -OCH3 is 1. The molecule has 3 rings (SSSR count). The first-order valence-corrected chi connectivity index (χ1v) is 10.7. The number of piperidine rings is 1. The number of nitrogens with one attached hydrogen (secondary N) is 1. The van der Waals surface area contributed by atoms with Crippen LogP contribution in [0, 0.1) is 5.82 Å². The minimum atomic E-state index is -0.736. The van der Waals surface area contributed by atoms with Crippen molar-refractivity contribution >= 4 is 5.91 Å². The van der Waals surface area contributed by atoms with E-state index in [2.05, 4.69) is 22.3 Å². The van der Waals surface area contributed by atoms with Crippen molar-refractivity contribution < 1.29 is 18.7 Å². The standard InChI is InChI=1S/C24H31FN2O3/c1-3-22(30-23-10-6-5-9-20(23)25)24(28)26-17-21(27-15-7-4-8-16-27)18-11-13-19(29-2)14-12-18/h5-6,9-14,21-22H,3-4,7-8,15-17H2,1-2H3,(H,26,28)/t21-,22+/m1/s1. The minimum Gasteiger partial charge on any atom is -0.497 e. The molecule has 0 aliphatic carbocycles. The van der Waals surface area contributed by atoms with Gasteiger partial charge in [-0.2, -0.15) is 0 Å². The summed E-state index contributed by atoms with van der Waals surface area (Å²) in [5.41, 5.74) is 1.14. The van der Waals surface area contributed by atoms with E-state index in [4.69, 9.17) is 9.47 Å². The highest BCUT2D eigenvalue weighted by atomic mass is 19.1. The quantitative estimate of drug-likeness (QED) is 0.663. The minimum absolute atomic E-state index is 0.0751. The summed E-state index contributed by atoms with van der Waals surface area (Å²) in [4.78, 5) is 15.2. The molecular formula is C24H31FN2O3. The number of nitrogens with zero attached hydrogens (tertiary/aromatic N) is 1. The molecule has 1 fully saturated rings. The number of ether oxygens (including phenoxy) is 2. The lowest BCUT2D eigenvalue weighted by molar-refractivity contribution is -0.128. The van der Waals surface area contributed by atoms with Gasteiger partial charge in [0.05, 0.1) is 13.2 Å². The molecule has 2 atom stereocenters. The predicted octanol–water partition coefficient (Wildman–Crippen LogP) is 4.34. The molecule has 0 unspecified atom stereocenters. The van der Waals surface area contributed by atoms with Gasteiger partial charge in [0, 0.05) is 6.54 Å². The van der Waals surface area contributed by atoms with Crippen molar-refractivity contribution in [1.82, 2.24) is 10.2 Å². The molecule has 6 heteroatoms. The summed E-state index contributed by atoms with van der Waals surface area (Å²) in [5, 5.41) is 3.04. The number of carbonyl (C=O) groups excluding carboxylic acids is 1. The maximum absolute atomic E-state index is 13.9. The molecule has 0 bridgehead atoms. The fourth-order valence-corrected chi connectivity index (χ4v) is 3.84. The van der Waals surface area contributed by atoms with E-state index in [0.717, 1.165) is 37.2 Å². The van der Waals surface area contributed by atoms with Crippen LogP contribution >= 0.6 is 0 Å². The Hall–Kier alpha value is -2.60. The molecule has 2 aromatic rings. The fourth-order valence-electron chi connectivity index (χ4n) is 3.84. The molecule has 0 radical (unpaired) electrons.